The summed E-state index contributed by atoms with van der Waals surface area (Å²) in [5.41, 5.74) is 0.602. The molecule has 2 rings (SSSR count). The SMILES string of the molecule is CC1(CO)CCCCN1CC(=O)NCCc1ccc(S(N)(=O)=O)cc1. The van der Waals surface area contributed by atoms with E-state index in [1.807, 2.05) is 11.8 Å². The molecule has 8 heteroatoms. The number of nitrogens with zero attached hydrogens (tertiary/aromatic N) is 1. The Kier molecular flexibility index (Phi) is 6.56. The molecule has 1 unspecified atom stereocenters. The fraction of sp³-hybridized carbons (Fsp3) is 0.588. The minimum absolute atomic E-state index is 0.0523. The van der Waals surface area contributed by atoms with Crippen LogP contribution >= 0.6 is 0 Å². The average molecular weight is 369 g/mol. The molecule has 1 atom stereocenters. The molecule has 0 spiro atoms. The molecule has 0 saturated carbocycles. The Morgan fingerprint density at radius 2 is 2.00 bits per heavy atom. The summed E-state index contributed by atoms with van der Waals surface area (Å²) in [5.74, 6) is -0.0669. The van der Waals surface area contributed by atoms with Crippen LogP contribution in [-0.4, -0.2) is 56.1 Å². The predicted octanol–water partition coefficient (Wildman–Crippen LogP) is 0.230. The highest BCUT2D eigenvalue weighted by Crippen LogP contribution is 2.26. The predicted molar refractivity (Wildman–Crippen MR) is 95.4 cm³/mol. The number of carbonyl (C=O) groups is 1. The van der Waals surface area contributed by atoms with Gasteiger partial charge in [-0.1, -0.05) is 18.6 Å². The molecule has 1 heterocycles. The van der Waals surface area contributed by atoms with E-state index in [0.717, 1.165) is 31.4 Å². The van der Waals surface area contributed by atoms with E-state index >= 15 is 0 Å². The fourth-order valence-corrected chi connectivity index (χ4v) is 3.62. The summed E-state index contributed by atoms with van der Waals surface area (Å²) < 4.78 is 22.4. The summed E-state index contributed by atoms with van der Waals surface area (Å²) in [5, 5.41) is 17.6. The zero-order valence-corrected chi connectivity index (χ0v) is 15.4. The second-order valence-electron chi connectivity index (χ2n) is 6.82. The van der Waals surface area contributed by atoms with Crippen molar-refractivity contribution in [2.45, 2.75) is 43.0 Å². The van der Waals surface area contributed by atoms with Gasteiger partial charge in [0.1, 0.15) is 0 Å². The Morgan fingerprint density at radius 1 is 1.32 bits per heavy atom. The van der Waals surface area contributed by atoms with E-state index in [1.54, 1.807) is 12.1 Å². The molecule has 140 valence electrons. The summed E-state index contributed by atoms with van der Waals surface area (Å²) in [6.45, 7) is 3.61. The molecule has 4 N–H and O–H groups in total. The first-order valence-corrected chi connectivity index (χ1v) is 10.0. The summed E-state index contributed by atoms with van der Waals surface area (Å²) in [6.07, 6.45) is 3.62. The van der Waals surface area contributed by atoms with Crippen molar-refractivity contribution in [3.8, 4) is 0 Å². The van der Waals surface area contributed by atoms with Crippen molar-refractivity contribution < 1.29 is 18.3 Å². The largest absolute Gasteiger partial charge is 0.394 e. The molecule has 1 aromatic carbocycles. The molecule has 1 amide bonds. The van der Waals surface area contributed by atoms with Gasteiger partial charge in [0.05, 0.1) is 18.0 Å². The quantitative estimate of drug-likeness (QED) is 0.637. The van der Waals surface area contributed by atoms with E-state index in [1.165, 1.54) is 12.1 Å². The second-order valence-corrected chi connectivity index (χ2v) is 8.38. The van der Waals surface area contributed by atoms with Gasteiger partial charge in [0, 0.05) is 12.1 Å². The number of likely N-dealkylation sites (tertiary alicyclic amines) is 1. The number of carbonyl (C=O) groups excluding carboxylic acids is 1. The number of nitrogens with two attached hydrogens (primary N) is 1. The van der Waals surface area contributed by atoms with Gasteiger partial charge in [0.25, 0.3) is 0 Å². The first-order chi connectivity index (χ1) is 11.7. The number of aliphatic hydroxyl groups is 1. The molecule has 0 aromatic heterocycles. The van der Waals surface area contributed by atoms with Crippen LogP contribution in [0, 0.1) is 0 Å². The van der Waals surface area contributed by atoms with Crippen LogP contribution in [0.3, 0.4) is 0 Å². The van der Waals surface area contributed by atoms with Crippen molar-refractivity contribution in [3.63, 3.8) is 0 Å². The van der Waals surface area contributed by atoms with Gasteiger partial charge >= 0.3 is 0 Å². The van der Waals surface area contributed by atoms with Gasteiger partial charge in [0.15, 0.2) is 0 Å². The van der Waals surface area contributed by atoms with Gasteiger partial charge < -0.3 is 10.4 Å². The average Bonchev–Trinajstić information content (AvgIpc) is 2.57. The lowest BCUT2D eigenvalue weighted by Gasteiger charge is -2.43. The highest BCUT2D eigenvalue weighted by Gasteiger charge is 2.34. The number of sulfonamides is 1. The van der Waals surface area contributed by atoms with Gasteiger partial charge in [-0.3, -0.25) is 9.69 Å². The summed E-state index contributed by atoms with van der Waals surface area (Å²) in [6, 6.07) is 6.32. The smallest absolute Gasteiger partial charge is 0.238 e. The summed E-state index contributed by atoms with van der Waals surface area (Å²) in [4.78, 5) is 14.3. The third-order valence-electron chi connectivity index (χ3n) is 4.82. The van der Waals surface area contributed by atoms with Crippen molar-refractivity contribution in [2.75, 3.05) is 26.2 Å². The normalized spacial score (nSPS) is 21.9. The van der Waals surface area contributed by atoms with Crippen LogP contribution in [0.15, 0.2) is 29.2 Å². The van der Waals surface area contributed by atoms with Crippen molar-refractivity contribution in [1.29, 1.82) is 0 Å². The van der Waals surface area contributed by atoms with Crippen LogP contribution in [0.5, 0.6) is 0 Å². The number of hydrogen-bond acceptors (Lipinski definition) is 5. The van der Waals surface area contributed by atoms with Crippen LogP contribution < -0.4 is 10.5 Å². The van der Waals surface area contributed by atoms with E-state index in [9.17, 15) is 18.3 Å². The molecule has 0 bridgehead atoms. The number of aliphatic hydroxyl groups excluding tert-OH is 1. The van der Waals surface area contributed by atoms with Crippen LogP contribution in [-0.2, 0) is 21.2 Å². The molecule has 1 saturated heterocycles. The van der Waals surface area contributed by atoms with Gasteiger partial charge in [-0.15, -0.1) is 0 Å². The molecule has 1 aliphatic heterocycles. The van der Waals surface area contributed by atoms with Crippen molar-refractivity contribution in [1.82, 2.24) is 10.2 Å². The molecule has 1 aromatic rings. The van der Waals surface area contributed by atoms with Crippen LogP contribution in [0.1, 0.15) is 31.7 Å². The van der Waals surface area contributed by atoms with Crippen LogP contribution in [0.4, 0.5) is 0 Å². The lowest BCUT2D eigenvalue weighted by molar-refractivity contribution is -0.125. The van der Waals surface area contributed by atoms with E-state index < -0.39 is 10.0 Å². The molecule has 1 aliphatic rings. The molecular weight excluding hydrogens is 342 g/mol. The summed E-state index contributed by atoms with van der Waals surface area (Å²) >= 11 is 0. The highest BCUT2D eigenvalue weighted by atomic mass is 32.2. The topological polar surface area (TPSA) is 113 Å². The highest BCUT2D eigenvalue weighted by molar-refractivity contribution is 7.89. The number of amides is 1. The van der Waals surface area contributed by atoms with E-state index in [2.05, 4.69) is 5.32 Å². The zero-order valence-electron chi connectivity index (χ0n) is 14.6. The lowest BCUT2D eigenvalue weighted by Crippen LogP contribution is -2.55. The minimum Gasteiger partial charge on any atom is -0.394 e. The van der Waals surface area contributed by atoms with Gasteiger partial charge in [-0.2, -0.15) is 0 Å². The van der Waals surface area contributed by atoms with Gasteiger partial charge in [0.2, 0.25) is 15.9 Å². The molecular formula is C17H27N3O4S. The first-order valence-electron chi connectivity index (χ1n) is 8.49. The number of hydrogen-bond donors (Lipinski definition) is 3. The molecule has 25 heavy (non-hydrogen) atoms. The lowest BCUT2D eigenvalue weighted by atomic mass is 9.89. The van der Waals surface area contributed by atoms with Crippen molar-refractivity contribution in [2.24, 2.45) is 5.14 Å². The monoisotopic (exact) mass is 369 g/mol. The van der Waals surface area contributed by atoms with Crippen LogP contribution in [0.25, 0.3) is 0 Å². The standard InChI is InChI=1S/C17H27N3O4S/c1-17(13-21)9-2-3-11-20(17)12-16(22)19-10-8-14-4-6-15(7-5-14)25(18,23)24/h4-7,21H,2-3,8-13H2,1H3,(H,19,22)(H2,18,23,24). The van der Waals surface area contributed by atoms with Crippen molar-refractivity contribution >= 4 is 15.9 Å². The molecule has 1 fully saturated rings. The Hall–Kier alpha value is -1.48. The Bertz CT molecular complexity index is 690. The maximum atomic E-state index is 12.2. The van der Waals surface area contributed by atoms with Crippen molar-refractivity contribution in [3.05, 3.63) is 29.8 Å². The molecule has 7 nitrogen and oxygen atoms in total. The van der Waals surface area contributed by atoms with E-state index in [4.69, 9.17) is 5.14 Å². The second kappa shape index (κ2) is 8.27. The maximum Gasteiger partial charge on any atom is 0.238 e. The number of piperidine rings is 1. The third kappa shape index (κ3) is 5.50. The number of benzene rings is 1. The Morgan fingerprint density at radius 3 is 2.60 bits per heavy atom. The number of rotatable bonds is 7. The molecule has 0 radical (unpaired) electrons. The first kappa shape index (κ1) is 19.8. The number of primary sulfonamides is 1. The maximum absolute atomic E-state index is 12.2. The van der Waals surface area contributed by atoms with E-state index in [-0.39, 0.29) is 29.5 Å². The van der Waals surface area contributed by atoms with E-state index in [0.29, 0.717) is 13.0 Å². The Balaban J connectivity index is 1.80. The Labute approximate surface area is 149 Å². The summed E-state index contributed by atoms with van der Waals surface area (Å²) in [7, 11) is -3.68. The number of nitrogens with one attached hydrogen (secondary N) is 1. The van der Waals surface area contributed by atoms with Gasteiger partial charge in [-0.25, -0.2) is 13.6 Å². The zero-order chi connectivity index (χ0) is 18.5. The third-order valence-corrected chi connectivity index (χ3v) is 5.75. The van der Waals surface area contributed by atoms with Crippen LogP contribution in [0.2, 0.25) is 0 Å². The minimum atomic E-state index is -3.68. The molecule has 0 aliphatic carbocycles. The van der Waals surface area contributed by atoms with Gasteiger partial charge in [-0.05, 0) is 50.4 Å². The fourth-order valence-electron chi connectivity index (χ4n) is 3.11.